The van der Waals surface area contributed by atoms with Gasteiger partial charge in [-0.1, -0.05) is 0 Å². The number of halogens is 3. The van der Waals surface area contributed by atoms with Gasteiger partial charge in [-0.25, -0.2) is 13.2 Å². The van der Waals surface area contributed by atoms with E-state index in [0.717, 1.165) is 12.1 Å². The molecule has 0 fully saturated rings. The fraction of sp³-hybridized carbons (Fsp3) is 0.455. The molecule has 1 aromatic rings. The normalized spacial score (nSPS) is 13.7. The largest absolute Gasteiger partial charge is 0.388 e. The van der Waals surface area contributed by atoms with Crippen molar-refractivity contribution in [2.24, 2.45) is 0 Å². The number of hydrogen-bond acceptors (Lipinski definition) is 2. The standard InChI is InChI=1S/C11H14F3NO/c1-6(11(2,3)16)15-7-4-8(12)10(14)9(13)5-7/h4-6,15-16H,1-3H3. The van der Waals surface area contributed by atoms with Gasteiger partial charge in [0.1, 0.15) is 0 Å². The molecule has 1 rings (SSSR count). The Hall–Kier alpha value is -1.23. The molecule has 0 bridgehead atoms. The minimum Gasteiger partial charge on any atom is -0.388 e. The first-order valence-electron chi connectivity index (χ1n) is 4.85. The molecule has 16 heavy (non-hydrogen) atoms. The lowest BCUT2D eigenvalue weighted by Crippen LogP contribution is -2.39. The summed E-state index contributed by atoms with van der Waals surface area (Å²) in [5.41, 5.74) is -0.965. The molecule has 0 aliphatic rings. The molecule has 5 heteroatoms. The summed E-state index contributed by atoms with van der Waals surface area (Å²) in [6.07, 6.45) is 0. The molecule has 1 aromatic carbocycles. The third-order valence-corrected chi connectivity index (χ3v) is 2.43. The maximum absolute atomic E-state index is 12.9. The zero-order valence-electron chi connectivity index (χ0n) is 9.31. The van der Waals surface area contributed by atoms with Gasteiger partial charge in [0.2, 0.25) is 0 Å². The van der Waals surface area contributed by atoms with Crippen LogP contribution in [-0.2, 0) is 0 Å². The van der Waals surface area contributed by atoms with Gasteiger partial charge in [-0.2, -0.15) is 0 Å². The highest BCUT2D eigenvalue weighted by atomic mass is 19.2. The monoisotopic (exact) mass is 233 g/mol. The van der Waals surface area contributed by atoms with Gasteiger partial charge in [-0.05, 0) is 20.8 Å². The van der Waals surface area contributed by atoms with Crippen molar-refractivity contribution in [1.29, 1.82) is 0 Å². The van der Waals surface area contributed by atoms with Gasteiger partial charge in [0, 0.05) is 17.8 Å². The van der Waals surface area contributed by atoms with Crippen LogP contribution in [0.2, 0.25) is 0 Å². The van der Waals surface area contributed by atoms with E-state index in [2.05, 4.69) is 5.32 Å². The Balaban J connectivity index is 2.91. The lowest BCUT2D eigenvalue weighted by Gasteiger charge is -2.27. The molecule has 0 aliphatic heterocycles. The molecule has 0 saturated heterocycles. The molecule has 1 unspecified atom stereocenters. The number of rotatable bonds is 3. The highest BCUT2D eigenvalue weighted by molar-refractivity contribution is 5.45. The van der Waals surface area contributed by atoms with Crippen molar-refractivity contribution < 1.29 is 18.3 Å². The zero-order valence-corrected chi connectivity index (χ0v) is 9.31. The van der Waals surface area contributed by atoms with E-state index in [0.29, 0.717) is 0 Å². The van der Waals surface area contributed by atoms with E-state index < -0.39 is 29.1 Å². The summed E-state index contributed by atoms with van der Waals surface area (Å²) in [5.74, 6) is -4.02. The first kappa shape index (κ1) is 12.8. The van der Waals surface area contributed by atoms with Crippen LogP contribution in [0.5, 0.6) is 0 Å². The predicted molar refractivity (Wildman–Crippen MR) is 55.7 cm³/mol. The minimum absolute atomic E-state index is 0.0889. The van der Waals surface area contributed by atoms with Crippen LogP contribution in [0.1, 0.15) is 20.8 Å². The molecule has 2 nitrogen and oxygen atoms in total. The fourth-order valence-electron chi connectivity index (χ4n) is 1.07. The third kappa shape index (κ3) is 2.88. The van der Waals surface area contributed by atoms with Crippen LogP contribution in [0.15, 0.2) is 12.1 Å². The van der Waals surface area contributed by atoms with Crippen molar-refractivity contribution in [3.05, 3.63) is 29.6 Å². The SMILES string of the molecule is CC(Nc1cc(F)c(F)c(F)c1)C(C)(C)O. The molecule has 0 radical (unpaired) electrons. The Kier molecular flexibility index (Phi) is 3.48. The van der Waals surface area contributed by atoms with Crippen molar-refractivity contribution in [3.8, 4) is 0 Å². The molecule has 0 spiro atoms. The van der Waals surface area contributed by atoms with Crippen LogP contribution in [-0.4, -0.2) is 16.7 Å². The number of anilines is 1. The van der Waals surface area contributed by atoms with Crippen molar-refractivity contribution in [2.45, 2.75) is 32.4 Å². The molecule has 90 valence electrons. The van der Waals surface area contributed by atoms with Gasteiger partial charge >= 0.3 is 0 Å². The van der Waals surface area contributed by atoms with Gasteiger partial charge in [0.05, 0.1) is 11.6 Å². The molecule has 0 amide bonds. The first-order chi connectivity index (χ1) is 7.21. The molecule has 1 atom stereocenters. The average Bonchev–Trinajstić information content (AvgIpc) is 2.12. The smallest absolute Gasteiger partial charge is 0.194 e. The molecular formula is C11H14F3NO. The second kappa shape index (κ2) is 4.33. The van der Waals surface area contributed by atoms with E-state index in [1.165, 1.54) is 0 Å². The van der Waals surface area contributed by atoms with Gasteiger partial charge < -0.3 is 10.4 Å². The van der Waals surface area contributed by atoms with Gasteiger partial charge in [0.15, 0.2) is 17.5 Å². The summed E-state index contributed by atoms with van der Waals surface area (Å²) in [4.78, 5) is 0. The van der Waals surface area contributed by atoms with E-state index in [9.17, 15) is 18.3 Å². The van der Waals surface area contributed by atoms with Crippen molar-refractivity contribution in [1.82, 2.24) is 0 Å². The second-order valence-electron chi connectivity index (χ2n) is 4.27. The van der Waals surface area contributed by atoms with Crippen LogP contribution in [0.3, 0.4) is 0 Å². The highest BCUT2D eigenvalue weighted by Crippen LogP contribution is 2.20. The molecular weight excluding hydrogens is 219 g/mol. The molecule has 0 heterocycles. The molecule has 0 aromatic heterocycles. The van der Waals surface area contributed by atoms with Crippen LogP contribution in [0, 0.1) is 17.5 Å². The molecule has 0 aliphatic carbocycles. The van der Waals surface area contributed by atoms with Gasteiger partial charge in [-0.3, -0.25) is 0 Å². The van der Waals surface area contributed by atoms with E-state index in [1.807, 2.05) is 0 Å². The van der Waals surface area contributed by atoms with Crippen molar-refractivity contribution in [3.63, 3.8) is 0 Å². The molecule has 0 saturated carbocycles. The van der Waals surface area contributed by atoms with Gasteiger partial charge in [-0.15, -0.1) is 0 Å². The number of benzene rings is 1. The van der Waals surface area contributed by atoms with E-state index >= 15 is 0 Å². The Morgan fingerprint density at radius 3 is 2.00 bits per heavy atom. The lowest BCUT2D eigenvalue weighted by molar-refractivity contribution is 0.0649. The predicted octanol–water partition coefficient (Wildman–Crippen LogP) is 2.68. The Morgan fingerprint density at radius 2 is 1.62 bits per heavy atom. The maximum Gasteiger partial charge on any atom is 0.194 e. The minimum atomic E-state index is -1.50. The van der Waals surface area contributed by atoms with Crippen LogP contribution >= 0.6 is 0 Å². The third-order valence-electron chi connectivity index (χ3n) is 2.43. The lowest BCUT2D eigenvalue weighted by atomic mass is 10.0. The zero-order chi connectivity index (χ0) is 12.5. The number of aliphatic hydroxyl groups is 1. The summed E-state index contributed by atoms with van der Waals surface area (Å²) in [6.45, 7) is 4.76. The highest BCUT2D eigenvalue weighted by Gasteiger charge is 2.22. The van der Waals surface area contributed by atoms with Gasteiger partial charge in [0.25, 0.3) is 0 Å². The fourth-order valence-corrected chi connectivity index (χ4v) is 1.07. The van der Waals surface area contributed by atoms with E-state index in [4.69, 9.17) is 0 Å². The number of hydrogen-bond donors (Lipinski definition) is 2. The summed E-state index contributed by atoms with van der Waals surface area (Å²) in [7, 11) is 0. The Bertz CT molecular complexity index is 364. The van der Waals surface area contributed by atoms with E-state index in [-0.39, 0.29) is 5.69 Å². The van der Waals surface area contributed by atoms with Crippen molar-refractivity contribution >= 4 is 5.69 Å². The summed E-state index contributed by atoms with van der Waals surface area (Å²) in [6, 6.07) is 1.26. The van der Waals surface area contributed by atoms with Crippen LogP contribution < -0.4 is 5.32 Å². The topological polar surface area (TPSA) is 32.3 Å². The molecule has 2 N–H and O–H groups in total. The summed E-state index contributed by atoms with van der Waals surface area (Å²) >= 11 is 0. The van der Waals surface area contributed by atoms with Crippen LogP contribution in [0.4, 0.5) is 18.9 Å². The Labute approximate surface area is 92.1 Å². The summed E-state index contributed by atoms with van der Waals surface area (Å²) < 4.78 is 38.4. The van der Waals surface area contributed by atoms with Crippen LogP contribution in [0.25, 0.3) is 0 Å². The second-order valence-corrected chi connectivity index (χ2v) is 4.27. The first-order valence-corrected chi connectivity index (χ1v) is 4.85. The maximum atomic E-state index is 12.9. The van der Waals surface area contributed by atoms with E-state index in [1.54, 1.807) is 20.8 Å². The quantitative estimate of drug-likeness (QED) is 0.787. The Morgan fingerprint density at radius 1 is 1.19 bits per heavy atom. The summed E-state index contributed by atoms with van der Waals surface area (Å²) in [5, 5.41) is 12.3. The average molecular weight is 233 g/mol. The number of nitrogens with one attached hydrogen (secondary N) is 1. The van der Waals surface area contributed by atoms with Crippen molar-refractivity contribution in [2.75, 3.05) is 5.32 Å².